The fourth-order valence-corrected chi connectivity index (χ4v) is 6.08. The maximum atomic E-state index is 13.2. The molecule has 0 aliphatic carbocycles. The number of halogens is 2. The predicted octanol–water partition coefficient (Wildman–Crippen LogP) is 5.07. The van der Waals surface area contributed by atoms with E-state index >= 15 is 0 Å². The van der Waals surface area contributed by atoms with E-state index in [0.717, 1.165) is 17.7 Å². The lowest BCUT2D eigenvalue weighted by Gasteiger charge is -2.37. The van der Waals surface area contributed by atoms with E-state index in [1.165, 1.54) is 11.1 Å². The zero-order chi connectivity index (χ0) is 31.6. The van der Waals surface area contributed by atoms with Gasteiger partial charge < -0.3 is 30.7 Å². The van der Waals surface area contributed by atoms with E-state index in [4.69, 9.17) is 10.5 Å². The molecule has 228 valence electrons. The number of nitrogens with one attached hydrogen (secondary N) is 1. The highest BCUT2D eigenvalue weighted by molar-refractivity contribution is 9.11. The van der Waals surface area contributed by atoms with Crippen molar-refractivity contribution in [1.82, 2.24) is 9.80 Å². The molecule has 1 fully saturated rings. The van der Waals surface area contributed by atoms with Gasteiger partial charge in [-0.2, -0.15) is 9.98 Å². The van der Waals surface area contributed by atoms with Crippen LogP contribution < -0.4 is 11.1 Å². The summed E-state index contributed by atoms with van der Waals surface area (Å²) >= 11 is 6.56. The second-order valence-electron chi connectivity index (χ2n) is 10.1. The minimum Gasteiger partial charge on any atom is -0.506 e. The molecule has 1 atom stereocenters. The summed E-state index contributed by atoms with van der Waals surface area (Å²) in [6.07, 6.45) is 1.09. The Kier molecular flexibility index (Phi) is 11.4. The number of piperidine rings is 1. The van der Waals surface area contributed by atoms with Crippen LogP contribution in [0.1, 0.15) is 30.9 Å². The van der Waals surface area contributed by atoms with Crippen LogP contribution in [0.25, 0.3) is 0 Å². The number of carbonyl (C=O) groups is 3. The average Bonchev–Trinajstić information content (AvgIpc) is 3.16. The summed E-state index contributed by atoms with van der Waals surface area (Å²) in [4.78, 5) is 50.0. The molecular weight excluding hydrogens is 696 g/mol. The number of fused-ring (bicyclic) bond motifs is 1. The molecule has 0 bridgehead atoms. The summed E-state index contributed by atoms with van der Waals surface area (Å²) in [5, 5.41) is 13.1. The van der Waals surface area contributed by atoms with Crippen LogP contribution in [-0.4, -0.2) is 76.5 Å². The van der Waals surface area contributed by atoms with Gasteiger partial charge in [0.05, 0.1) is 20.8 Å². The zero-order valence-corrected chi connectivity index (χ0v) is 27.0. The third-order valence-electron chi connectivity index (χ3n) is 7.00. The van der Waals surface area contributed by atoms with Gasteiger partial charge in [0.15, 0.2) is 6.10 Å². The lowest BCUT2D eigenvalue weighted by atomic mass is 10.0. The number of likely N-dealkylation sites (tertiary alicyclic amines) is 1. The summed E-state index contributed by atoms with van der Waals surface area (Å²) in [5.74, 6) is 4.03. The number of aliphatic imine (C=N–C) groups is 2. The monoisotopic (exact) mass is 724 g/mol. The fourth-order valence-electron chi connectivity index (χ4n) is 4.80. The topological polar surface area (TPSA) is 150 Å². The van der Waals surface area contributed by atoms with E-state index < -0.39 is 18.1 Å². The molecule has 0 unspecified atom stereocenters. The minimum absolute atomic E-state index is 0.00108. The Hall–Kier alpha value is -4.33. The van der Waals surface area contributed by atoms with Crippen molar-refractivity contribution in [2.24, 2.45) is 15.7 Å². The minimum atomic E-state index is -1.28. The van der Waals surface area contributed by atoms with Gasteiger partial charge in [0, 0.05) is 49.5 Å². The Morgan fingerprint density at radius 3 is 2.59 bits per heavy atom. The number of hydrogen-bond donors (Lipinski definition) is 3. The lowest BCUT2D eigenvalue weighted by molar-refractivity contribution is -0.126. The molecule has 13 heteroatoms. The summed E-state index contributed by atoms with van der Waals surface area (Å²) in [6, 6.07) is 10.8. The van der Waals surface area contributed by atoms with Crippen LogP contribution in [0.2, 0.25) is 0 Å². The number of benzene rings is 2. The molecule has 0 saturated carbocycles. The van der Waals surface area contributed by atoms with Crippen LogP contribution in [-0.2, 0) is 22.4 Å². The van der Waals surface area contributed by atoms with E-state index in [-0.39, 0.29) is 24.2 Å². The Morgan fingerprint density at radius 1 is 1.18 bits per heavy atom. The number of nitrogens with zero attached hydrogens (tertiary/aromatic N) is 4. The Morgan fingerprint density at radius 2 is 1.89 bits per heavy atom. The average molecular weight is 726 g/mol. The Labute approximate surface area is 271 Å². The van der Waals surface area contributed by atoms with Crippen LogP contribution in [0.5, 0.6) is 5.75 Å². The molecule has 11 nitrogen and oxygen atoms in total. The molecule has 4 amide bonds. The van der Waals surface area contributed by atoms with E-state index in [1.54, 1.807) is 19.1 Å². The number of para-hydroxylation sites is 1. The number of allylic oxidation sites excluding steroid dienone is 1. The number of phenolic OH excluding ortho intramolecular Hbond substituents is 1. The molecule has 0 aromatic heterocycles. The Bertz CT molecular complexity index is 1620. The molecule has 44 heavy (non-hydrogen) atoms. The van der Waals surface area contributed by atoms with Gasteiger partial charge in [-0.15, -0.1) is 0 Å². The number of hydrogen-bond acceptors (Lipinski definition) is 7. The third kappa shape index (κ3) is 8.85. The molecule has 2 aliphatic rings. The number of rotatable bonds is 6. The highest BCUT2D eigenvalue weighted by Crippen LogP contribution is 2.34. The first-order chi connectivity index (χ1) is 21.1. The molecule has 4 rings (SSSR count). The van der Waals surface area contributed by atoms with Crippen LogP contribution in [0.3, 0.4) is 0 Å². The van der Waals surface area contributed by atoms with Crippen LogP contribution in [0.4, 0.5) is 15.3 Å². The van der Waals surface area contributed by atoms with Gasteiger partial charge in [-0.25, -0.2) is 9.59 Å². The van der Waals surface area contributed by atoms with Crippen molar-refractivity contribution >= 4 is 67.3 Å². The normalized spacial score (nSPS) is 15.1. The summed E-state index contributed by atoms with van der Waals surface area (Å²) in [6.45, 7) is 2.92. The number of amides is 4. The second kappa shape index (κ2) is 15.4. The molecule has 1 saturated heterocycles. The van der Waals surface area contributed by atoms with Crippen molar-refractivity contribution in [1.29, 1.82) is 0 Å². The van der Waals surface area contributed by atoms with Gasteiger partial charge in [0.2, 0.25) is 0 Å². The maximum absolute atomic E-state index is 13.2. The maximum Gasteiger partial charge on any atom is 0.410 e. The van der Waals surface area contributed by atoms with Gasteiger partial charge in [0.25, 0.3) is 5.91 Å². The van der Waals surface area contributed by atoms with E-state index in [2.05, 4.69) is 70.4 Å². The third-order valence-corrected chi connectivity index (χ3v) is 8.21. The van der Waals surface area contributed by atoms with Crippen LogP contribution in [0, 0.1) is 0 Å². The van der Waals surface area contributed by atoms with E-state index in [9.17, 15) is 19.5 Å². The molecule has 2 heterocycles. The number of nitrogens with two attached hydrogens (primary N) is 1. The number of ether oxygens (including phenoxy) is 1. The predicted molar refractivity (Wildman–Crippen MR) is 173 cm³/mol. The van der Waals surface area contributed by atoms with E-state index in [1.807, 2.05) is 29.2 Å². The first kappa shape index (κ1) is 32.6. The second-order valence-corrected chi connectivity index (χ2v) is 11.8. The van der Waals surface area contributed by atoms with Crippen molar-refractivity contribution < 1.29 is 24.2 Å². The molecule has 2 aromatic rings. The van der Waals surface area contributed by atoms with Crippen LogP contribution in [0.15, 0.2) is 78.7 Å². The molecule has 2 aliphatic heterocycles. The SMILES string of the molecule is CC(N)=C=C=NC=C=C=NC(=O)[C@@H](Cc1cc(Br)c(O)c(Br)c1)OC(=O)N1CCC(N2CCc3ccccc3NC2=O)CC1. The highest BCUT2D eigenvalue weighted by Gasteiger charge is 2.33. The van der Waals surface area contributed by atoms with Crippen molar-refractivity contribution in [2.45, 2.75) is 44.8 Å². The molecule has 0 radical (unpaired) electrons. The molecular formula is C31H30Br2N6O5. The van der Waals surface area contributed by atoms with Gasteiger partial charge in [-0.3, -0.25) is 4.79 Å². The van der Waals surface area contributed by atoms with Gasteiger partial charge in [-0.1, -0.05) is 18.2 Å². The van der Waals surface area contributed by atoms with Gasteiger partial charge in [0.1, 0.15) is 5.75 Å². The molecule has 4 N–H and O–H groups in total. The molecule has 0 spiro atoms. The van der Waals surface area contributed by atoms with Gasteiger partial charge >= 0.3 is 12.1 Å². The first-order valence-corrected chi connectivity index (χ1v) is 15.4. The Balaban J connectivity index is 1.43. The van der Waals surface area contributed by atoms with Gasteiger partial charge in [-0.05, 0) is 98.8 Å². The summed E-state index contributed by atoms with van der Waals surface area (Å²) < 4.78 is 6.48. The number of anilines is 1. The number of phenols is 1. The quantitative estimate of drug-likeness (QED) is 0.280. The number of aromatic hydroxyl groups is 1. The standard InChI is InChI=1S/C31H30Br2N6O5/c1-20(34)7-13-35-11-4-12-36-29(41)27(19-21-17-24(32)28(40)25(33)18-21)44-31(43)38-14-9-23(10-15-38)39-16-8-22-5-2-3-6-26(22)37-30(39)42/h2-3,5-6,11,17-18,23,27,40H,8-10,14-16,19,34H2,1H3,(H,37,42)/t27-/m1/s1. The smallest absolute Gasteiger partial charge is 0.410 e. The first-order valence-electron chi connectivity index (χ1n) is 13.8. The fraction of sp³-hybridized carbons (Fsp3) is 0.323. The van der Waals surface area contributed by atoms with Crippen molar-refractivity contribution in [2.75, 3.05) is 25.0 Å². The number of carbonyl (C=O) groups excluding carboxylic acids is 3. The van der Waals surface area contributed by atoms with Crippen molar-refractivity contribution in [3.8, 4) is 5.75 Å². The zero-order valence-electron chi connectivity index (χ0n) is 23.8. The summed E-state index contributed by atoms with van der Waals surface area (Å²) in [5.41, 5.74) is 13.4. The van der Waals surface area contributed by atoms with Crippen LogP contribution >= 0.6 is 31.9 Å². The van der Waals surface area contributed by atoms with Crippen molar-refractivity contribution in [3.05, 3.63) is 79.8 Å². The molecule has 2 aromatic carbocycles. The largest absolute Gasteiger partial charge is 0.506 e. The highest BCUT2D eigenvalue weighted by atomic mass is 79.9. The summed E-state index contributed by atoms with van der Waals surface area (Å²) in [7, 11) is 0. The number of urea groups is 1. The van der Waals surface area contributed by atoms with Crippen molar-refractivity contribution in [3.63, 3.8) is 0 Å². The lowest BCUT2D eigenvalue weighted by Crippen LogP contribution is -2.50. The van der Waals surface area contributed by atoms with E-state index in [0.29, 0.717) is 52.7 Å².